The molecule has 0 radical (unpaired) electrons. The van der Waals surface area contributed by atoms with E-state index in [0.717, 1.165) is 6.42 Å². The Balaban J connectivity index is 2.27. The summed E-state index contributed by atoms with van der Waals surface area (Å²) in [4.78, 5) is 0. The summed E-state index contributed by atoms with van der Waals surface area (Å²) in [5, 5.41) is 0. The molecule has 62 valence electrons. The lowest BCUT2D eigenvalue weighted by atomic mass is 10.1. The number of rotatable bonds is 0. The van der Waals surface area contributed by atoms with Gasteiger partial charge in [0.2, 0.25) is 0 Å². The van der Waals surface area contributed by atoms with Crippen molar-refractivity contribution in [2.45, 2.75) is 6.42 Å². The van der Waals surface area contributed by atoms with Gasteiger partial charge >= 0.3 is 0 Å². The van der Waals surface area contributed by atoms with E-state index in [-0.39, 0.29) is 0 Å². The second kappa shape index (κ2) is 2.46. The monoisotopic (exact) mass is 167 g/mol. The van der Waals surface area contributed by atoms with E-state index in [9.17, 15) is 0 Å². The van der Waals surface area contributed by atoms with Crippen LogP contribution < -0.4 is 0 Å². The molecule has 13 heavy (non-hydrogen) atoms. The van der Waals surface area contributed by atoms with Gasteiger partial charge in [-0.05, 0) is 28.7 Å². The lowest BCUT2D eigenvalue weighted by Crippen LogP contribution is -1.77. The van der Waals surface area contributed by atoms with Crippen molar-refractivity contribution in [3.8, 4) is 11.1 Å². The quantitative estimate of drug-likeness (QED) is 0.482. The minimum Gasteiger partial charge on any atom is -0.0619 e. The van der Waals surface area contributed by atoms with Crippen molar-refractivity contribution in [1.82, 2.24) is 0 Å². The minimum absolute atomic E-state index is 0.608. The van der Waals surface area contributed by atoms with Crippen molar-refractivity contribution in [3.63, 3.8) is 0 Å². The number of hydrogen-bond acceptors (Lipinski definition) is 0. The maximum Gasteiger partial charge on any atom is 0.0623 e. The molecule has 0 heterocycles. The largest absolute Gasteiger partial charge is 0.0623 e. The lowest BCUT2D eigenvalue weighted by Gasteiger charge is -1.98. The molecule has 0 unspecified atom stereocenters. The van der Waals surface area contributed by atoms with Crippen molar-refractivity contribution in [2.75, 3.05) is 0 Å². The molecule has 3 rings (SSSR count). The second-order valence-electron chi connectivity index (χ2n) is 3.42. The van der Waals surface area contributed by atoms with Crippen LogP contribution in [-0.2, 0) is 6.42 Å². The van der Waals surface area contributed by atoms with Gasteiger partial charge in [-0.15, -0.1) is 0 Å². The summed E-state index contributed by atoms with van der Waals surface area (Å²) in [7, 11) is 0. The van der Waals surface area contributed by atoms with E-state index in [1.54, 1.807) is 0 Å². The van der Waals surface area contributed by atoms with Crippen LogP contribution in [0.25, 0.3) is 11.1 Å². The normalized spacial score (nSPS) is 13.4. The summed E-state index contributed by atoms with van der Waals surface area (Å²) >= 11 is 0. The van der Waals surface area contributed by atoms with Crippen LogP contribution in [0.2, 0.25) is 0 Å². The van der Waals surface area contributed by atoms with Gasteiger partial charge in [0.1, 0.15) is 0 Å². The fourth-order valence-corrected chi connectivity index (χ4v) is 2.02. The van der Waals surface area contributed by atoms with Gasteiger partial charge in [-0.3, -0.25) is 0 Å². The maximum atomic E-state index is 7.57. The predicted molar refractivity (Wildman–Crippen MR) is 54.7 cm³/mol. The van der Waals surface area contributed by atoms with Gasteiger partial charge in [-0.1, -0.05) is 48.5 Å². The summed E-state index contributed by atoms with van der Waals surface area (Å²) < 4.78 is 7.57. The molecule has 0 bridgehead atoms. The Morgan fingerprint density at radius 3 is 2.46 bits per heavy atom. The third kappa shape index (κ3) is 0.919. The highest BCUT2D eigenvalue weighted by Gasteiger charge is 2.15. The molecule has 0 amide bonds. The van der Waals surface area contributed by atoms with Crippen molar-refractivity contribution in [3.05, 3.63) is 59.6 Å². The Morgan fingerprint density at radius 1 is 0.846 bits per heavy atom. The third-order valence-corrected chi connectivity index (χ3v) is 2.64. The van der Waals surface area contributed by atoms with Gasteiger partial charge < -0.3 is 0 Å². The lowest BCUT2D eigenvalue weighted by molar-refractivity contribution is 1.26. The smallest absolute Gasteiger partial charge is 0.0619 e. The molecule has 0 fully saturated rings. The number of hydrogen-bond donors (Lipinski definition) is 0. The molecule has 0 atom stereocenters. The standard InChI is InChI=1S/C13H10/c1-3-7-12-10(5-1)9-11-6-2-4-8-13(11)12/h1-8H,9H2/i1D. The summed E-state index contributed by atoms with van der Waals surface area (Å²) in [5.41, 5.74) is 5.31. The average molecular weight is 167 g/mol. The van der Waals surface area contributed by atoms with Crippen molar-refractivity contribution < 1.29 is 1.37 Å². The first-order valence-electron chi connectivity index (χ1n) is 5.02. The van der Waals surface area contributed by atoms with Crippen LogP contribution in [-0.4, -0.2) is 0 Å². The Kier molecular flexibility index (Phi) is 1.13. The van der Waals surface area contributed by atoms with Crippen LogP contribution >= 0.6 is 0 Å². The van der Waals surface area contributed by atoms with Gasteiger partial charge in [-0.25, -0.2) is 0 Å². The molecule has 0 N–H and O–H groups in total. The molecule has 0 nitrogen and oxygen atoms in total. The van der Waals surface area contributed by atoms with Crippen LogP contribution in [0.5, 0.6) is 0 Å². The van der Waals surface area contributed by atoms with Crippen molar-refractivity contribution >= 4 is 0 Å². The first-order valence-corrected chi connectivity index (χ1v) is 4.52. The highest BCUT2D eigenvalue weighted by molar-refractivity contribution is 5.76. The molecular formula is C13H10. The molecule has 1 aliphatic carbocycles. The van der Waals surface area contributed by atoms with Crippen LogP contribution in [0.3, 0.4) is 0 Å². The van der Waals surface area contributed by atoms with Crippen LogP contribution in [0.4, 0.5) is 0 Å². The van der Waals surface area contributed by atoms with Crippen LogP contribution in [0, 0.1) is 0 Å². The van der Waals surface area contributed by atoms with E-state index in [1.807, 2.05) is 12.1 Å². The van der Waals surface area contributed by atoms with Gasteiger partial charge in [0.25, 0.3) is 0 Å². The Hall–Kier alpha value is -1.56. The zero-order chi connectivity index (χ0) is 9.54. The first-order chi connectivity index (χ1) is 6.84. The highest BCUT2D eigenvalue weighted by atomic mass is 14.2. The highest BCUT2D eigenvalue weighted by Crippen LogP contribution is 2.35. The Morgan fingerprint density at radius 2 is 1.54 bits per heavy atom. The molecule has 0 heteroatoms. The minimum atomic E-state index is 0.608. The topological polar surface area (TPSA) is 0 Å². The summed E-state index contributed by atoms with van der Waals surface area (Å²) in [6.07, 6.45) is 0.984. The van der Waals surface area contributed by atoms with E-state index in [1.165, 1.54) is 22.3 Å². The van der Waals surface area contributed by atoms with E-state index in [4.69, 9.17) is 1.37 Å². The summed E-state index contributed by atoms with van der Waals surface area (Å²) in [6, 6.07) is 15.0. The molecule has 1 aliphatic rings. The third-order valence-electron chi connectivity index (χ3n) is 2.64. The van der Waals surface area contributed by atoms with Gasteiger partial charge in [0.15, 0.2) is 0 Å². The fraction of sp³-hybridized carbons (Fsp3) is 0.0769. The molecule has 0 saturated carbocycles. The molecular weight excluding hydrogens is 156 g/mol. The van der Waals surface area contributed by atoms with E-state index >= 15 is 0 Å². The maximum absolute atomic E-state index is 7.57. The molecule has 2 aromatic rings. The molecule has 0 saturated heterocycles. The molecule has 0 spiro atoms. The summed E-state index contributed by atoms with van der Waals surface area (Å²) in [6.45, 7) is 0. The van der Waals surface area contributed by atoms with Crippen LogP contribution in [0.1, 0.15) is 12.5 Å². The van der Waals surface area contributed by atoms with Crippen molar-refractivity contribution in [2.24, 2.45) is 0 Å². The predicted octanol–water partition coefficient (Wildman–Crippen LogP) is 3.26. The second-order valence-corrected chi connectivity index (χ2v) is 3.42. The average Bonchev–Trinajstić information content (AvgIpc) is 2.54. The first kappa shape index (κ1) is 5.98. The number of fused-ring (bicyclic) bond motifs is 3. The zero-order valence-electron chi connectivity index (χ0n) is 8.25. The van der Waals surface area contributed by atoms with Gasteiger partial charge in [0.05, 0.1) is 1.37 Å². The Labute approximate surface area is 79.3 Å². The van der Waals surface area contributed by atoms with Crippen molar-refractivity contribution in [1.29, 1.82) is 0 Å². The molecule has 0 aromatic heterocycles. The fourth-order valence-electron chi connectivity index (χ4n) is 2.02. The van der Waals surface area contributed by atoms with Crippen LogP contribution in [0.15, 0.2) is 48.5 Å². The van der Waals surface area contributed by atoms with E-state index < -0.39 is 0 Å². The van der Waals surface area contributed by atoms with Gasteiger partial charge in [-0.2, -0.15) is 0 Å². The van der Waals surface area contributed by atoms with E-state index in [2.05, 4.69) is 30.3 Å². The molecule has 0 aliphatic heterocycles. The molecule has 2 aromatic carbocycles. The SMILES string of the molecule is [2H]c1ccc2c(c1)Cc1ccccc1-2. The summed E-state index contributed by atoms with van der Waals surface area (Å²) in [5.74, 6) is 0. The van der Waals surface area contributed by atoms with Gasteiger partial charge in [0, 0.05) is 0 Å². The van der Waals surface area contributed by atoms with E-state index in [0.29, 0.717) is 6.04 Å². The Bertz CT molecular complexity index is 500. The number of benzene rings is 2. The zero-order valence-corrected chi connectivity index (χ0v) is 7.25.